The molecule has 1 atom stereocenters. The number of para-hydroxylation sites is 1. The molecular formula is C25H27FN4O3. The molecule has 0 unspecified atom stereocenters. The Morgan fingerprint density at radius 3 is 2.97 bits per heavy atom. The molecule has 0 spiro atoms. The van der Waals surface area contributed by atoms with Crippen molar-refractivity contribution in [2.75, 3.05) is 26.7 Å². The van der Waals surface area contributed by atoms with Crippen LogP contribution in [-0.4, -0.2) is 54.5 Å². The van der Waals surface area contributed by atoms with Gasteiger partial charge in [0.25, 0.3) is 0 Å². The SMILES string of the molecule is COc1ccccc1/C=C/CN1CCNC(=O)[C@@H]1CC(=O)NCc1cc2cc(F)ccc2[nH]1. The maximum absolute atomic E-state index is 13.4. The van der Waals surface area contributed by atoms with E-state index in [1.807, 2.05) is 41.3 Å². The molecule has 1 aliphatic heterocycles. The second-order valence-electron chi connectivity index (χ2n) is 7.95. The zero-order valence-corrected chi connectivity index (χ0v) is 18.4. The monoisotopic (exact) mass is 450 g/mol. The highest BCUT2D eigenvalue weighted by atomic mass is 19.1. The number of H-pyrrole nitrogens is 1. The number of aromatic nitrogens is 1. The fraction of sp³-hybridized carbons (Fsp3) is 0.280. The summed E-state index contributed by atoms with van der Waals surface area (Å²) in [4.78, 5) is 30.2. The normalized spacial score (nSPS) is 16.8. The van der Waals surface area contributed by atoms with E-state index in [0.717, 1.165) is 27.9 Å². The van der Waals surface area contributed by atoms with Gasteiger partial charge in [-0.25, -0.2) is 4.39 Å². The van der Waals surface area contributed by atoms with Crippen LogP contribution in [0.4, 0.5) is 4.39 Å². The largest absolute Gasteiger partial charge is 0.496 e. The lowest BCUT2D eigenvalue weighted by Gasteiger charge is -2.33. The summed E-state index contributed by atoms with van der Waals surface area (Å²) < 4.78 is 18.7. The van der Waals surface area contributed by atoms with Crippen molar-refractivity contribution in [2.45, 2.75) is 19.0 Å². The lowest BCUT2D eigenvalue weighted by molar-refractivity contribution is -0.133. The van der Waals surface area contributed by atoms with Gasteiger partial charge in [-0.3, -0.25) is 14.5 Å². The molecule has 1 aliphatic rings. The van der Waals surface area contributed by atoms with Crippen LogP contribution in [0.15, 0.2) is 54.6 Å². The third-order valence-corrected chi connectivity index (χ3v) is 5.71. The Kier molecular flexibility index (Phi) is 7.04. The third-order valence-electron chi connectivity index (χ3n) is 5.71. The van der Waals surface area contributed by atoms with E-state index in [-0.39, 0.29) is 30.6 Å². The third kappa shape index (κ3) is 5.59. The maximum atomic E-state index is 13.4. The minimum atomic E-state index is -0.544. The molecule has 4 rings (SSSR count). The molecule has 8 heteroatoms. The number of halogens is 1. The van der Waals surface area contributed by atoms with Crippen molar-refractivity contribution in [2.24, 2.45) is 0 Å². The van der Waals surface area contributed by atoms with E-state index in [1.54, 1.807) is 19.2 Å². The number of benzene rings is 2. The van der Waals surface area contributed by atoms with Crippen LogP contribution in [0, 0.1) is 5.82 Å². The Balaban J connectivity index is 1.35. The number of piperazine rings is 1. The summed E-state index contributed by atoms with van der Waals surface area (Å²) >= 11 is 0. The molecule has 0 bridgehead atoms. The topological polar surface area (TPSA) is 86.5 Å². The highest BCUT2D eigenvalue weighted by Gasteiger charge is 2.30. The molecule has 7 nitrogen and oxygen atoms in total. The number of hydrogen-bond donors (Lipinski definition) is 3. The van der Waals surface area contributed by atoms with Crippen molar-refractivity contribution >= 4 is 28.8 Å². The first-order chi connectivity index (χ1) is 16.0. The van der Waals surface area contributed by atoms with Gasteiger partial charge in [0.2, 0.25) is 11.8 Å². The van der Waals surface area contributed by atoms with Gasteiger partial charge < -0.3 is 20.4 Å². The van der Waals surface area contributed by atoms with Crippen molar-refractivity contribution in [3.8, 4) is 5.75 Å². The number of ether oxygens (including phenoxy) is 1. The molecule has 33 heavy (non-hydrogen) atoms. The van der Waals surface area contributed by atoms with Gasteiger partial charge in [0.1, 0.15) is 11.6 Å². The maximum Gasteiger partial charge on any atom is 0.237 e. The zero-order chi connectivity index (χ0) is 23.2. The Labute approximate surface area is 191 Å². The lowest BCUT2D eigenvalue weighted by Crippen LogP contribution is -2.56. The second-order valence-corrected chi connectivity index (χ2v) is 7.95. The van der Waals surface area contributed by atoms with Crippen LogP contribution < -0.4 is 15.4 Å². The van der Waals surface area contributed by atoms with E-state index in [1.165, 1.54) is 12.1 Å². The molecule has 1 fully saturated rings. The van der Waals surface area contributed by atoms with Gasteiger partial charge in [-0.15, -0.1) is 0 Å². The summed E-state index contributed by atoms with van der Waals surface area (Å²) in [6.45, 7) is 2.02. The van der Waals surface area contributed by atoms with E-state index in [9.17, 15) is 14.0 Å². The van der Waals surface area contributed by atoms with Crippen LogP contribution >= 0.6 is 0 Å². The fourth-order valence-electron chi connectivity index (χ4n) is 4.02. The van der Waals surface area contributed by atoms with Crippen LogP contribution in [-0.2, 0) is 16.1 Å². The lowest BCUT2D eigenvalue weighted by atomic mass is 10.1. The fourth-order valence-corrected chi connectivity index (χ4v) is 4.02. The quantitative estimate of drug-likeness (QED) is 0.493. The number of fused-ring (bicyclic) bond motifs is 1. The van der Waals surface area contributed by atoms with E-state index < -0.39 is 6.04 Å². The Morgan fingerprint density at radius 2 is 2.12 bits per heavy atom. The highest BCUT2D eigenvalue weighted by molar-refractivity contribution is 5.89. The number of carbonyl (C=O) groups is 2. The summed E-state index contributed by atoms with van der Waals surface area (Å²) in [6, 6.07) is 13.5. The summed E-state index contributed by atoms with van der Waals surface area (Å²) in [7, 11) is 1.63. The molecule has 0 saturated carbocycles. The van der Waals surface area contributed by atoms with Gasteiger partial charge in [0, 0.05) is 41.8 Å². The number of carbonyl (C=O) groups excluding carboxylic acids is 2. The van der Waals surface area contributed by atoms with Gasteiger partial charge in [-0.2, -0.15) is 0 Å². The van der Waals surface area contributed by atoms with Crippen molar-refractivity contribution in [3.05, 3.63) is 71.7 Å². The van der Waals surface area contributed by atoms with Crippen LogP contribution in [0.1, 0.15) is 17.7 Å². The number of rotatable bonds is 8. The number of aromatic amines is 1. The second kappa shape index (κ2) is 10.3. The summed E-state index contributed by atoms with van der Waals surface area (Å²) in [6.07, 6.45) is 4.00. The zero-order valence-electron chi connectivity index (χ0n) is 18.4. The van der Waals surface area contributed by atoms with Crippen molar-refractivity contribution in [1.29, 1.82) is 0 Å². The first-order valence-corrected chi connectivity index (χ1v) is 10.9. The van der Waals surface area contributed by atoms with Crippen LogP contribution in [0.3, 0.4) is 0 Å². The van der Waals surface area contributed by atoms with Crippen molar-refractivity contribution < 1.29 is 18.7 Å². The summed E-state index contributed by atoms with van der Waals surface area (Å²) in [5.74, 6) is 0.102. The van der Waals surface area contributed by atoms with E-state index >= 15 is 0 Å². The average Bonchev–Trinajstić information content (AvgIpc) is 3.22. The number of nitrogens with zero attached hydrogens (tertiary/aromatic N) is 1. The molecule has 1 saturated heterocycles. The molecule has 3 N–H and O–H groups in total. The number of amides is 2. The summed E-state index contributed by atoms with van der Waals surface area (Å²) in [5.41, 5.74) is 2.53. The minimum absolute atomic E-state index is 0.0587. The number of methoxy groups -OCH3 is 1. The number of nitrogens with one attached hydrogen (secondary N) is 3. The number of hydrogen-bond acceptors (Lipinski definition) is 4. The Hall–Kier alpha value is -3.65. The highest BCUT2D eigenvalue weighted by Crippen LogP contribution is 2.19. The van der Waals surface area contributed by atoms with Crippen molar-refractivity contribution in [1.82, 2.24) is 20.5 Å². The van der Waals surface area contributed by atoms with Crippen LogP contribution in [0.5, 0.6) is 5.75 Å². The van der Waals surface area contributed by atoms with Gasteiger partial charge in [0.15, 0.2) is 0 Å². The molecule has 2 aromatic carbocycles. The Morgan fingerprint density at radius 1 is 1.27 bits per heavy atom. The molecule has 2 amide bonds. The van der Waals surface area contributed by atoms with Gasteiger partial charge in [0.05, 0.1) is 26.1 Å². The molecule has 0 radical (unpaired) electrons. The predicted octanol–water partition coefficient (Wildman–Crippen LogP) is 2.84. The smallest absolute Gasteiger partial charge is 0.237 e. The van der Waals surface area contributed by atoms with Gasteiger partial charge in [-0.1, -0.05) is 30.4 Å². The predicted molar refractivity (Wildman–Crippen MR) is 125 cm³/mol. The van der Waals surface area contributed by atoms with Crippen LogP contribution in [0.2, 0.25) is 0 Å². The molecule has 2 heterocycles. The summed E-state index contributed by atoms with van der Waals surface area (Å²) in [5, 5.41) is 6.45. The van der Waals surface area contributed by atoms with Gasteiger partial charge in [-0.05, 0) is 30.3 Å². The van der Waals surface area contributed by atoms with E-state index in [2.05, 4.69) is 15.6 Å². The molecular weight excluding hydrogens is 423 g/mol. The Bertz CT molecular complexity index is 1170. The van der Waals surface area contributed by atoms with E-state index in [0.29, 0.717) is 19.6 Å². The first-order valence-electron chi connectivity index (χ1n) is 10.9. The molecule has 172 valence electrons. The first kappa shape index (κ1) is 22.5. The molecule has 3 aromatic rings. The van der Waals surface area contributed by atoms with Gasteiger partial charge >= 0.3 is 0 Å². The molecule has 1 aromatic heterocycles. The van der Waals surface area contributed by atoms with E-state index in [4.69, 9.17) is 4.74 Å². The molecule has 0 aliphatic carbocycles. The minimum Gasteiger partial charge on any atom is -0.496 e. The average molecular weight is 451 g/mol. The standard InChI is InChI=1S/C25H27FN4O3/c1-33-23-7-3-2-5-17(23)6-4-11-30-12-10-27-25(32)22(30)15-24(31)28-16-20-14-18-13-19(26)8-9-21(18)29-20/h2-9,13-14,22,29H,10-12,15-16H2,1H3,(H,27,32)(H,28,31)/b6-4+/t22-/m0/s1. The van der Waals surface area contributed by atoms with Crippen molar-refractivity contribution in [3.63, 3.8) is 0 Å². The van der Waals surface area contributed by atoms with Crippen LogP contribution in [0.25, 0.3) is 17.0 Å².